The number of aromatic hydroxyl groups is 1. The summed E-state index contributed by atoms with van der Waals surface area (Å²) in [5, 5.41) is 20.8. The molecule has 0 bridgehead atoms. The third-order valence-electron chi connectivity index (χ3n) is 2.21. The average molecular weight is 258 g/mol. The van der Waals surface area contributed by atoms with Crippen molar-refractivity contribution in [3.05, 3.63) is 28.8 Å². The molecule has 0 aliphatic heterocycles. The van der Waals surface area contributed by atoms with E-state index in [1.807, 2.05) is 0 Å². The minimum atomic E-state index is -1.12. The molecule has 1 aromatic carbocycles. The number of aliphatic carboxylic acids is 1. The molecular formula is C11H12ClNO4. The Kier molecular flexibility index (Phi) is 4.34. The van der Waals surface area contributed by atoms with Crippen molar-refractivity contribution < 1.29 is 19.8 Å². The Morgan fingerprint density at radius 1 is 1.47 bits per heavy atom. The predicted octanol–water partition coefficient (Wildman–Crippen LogP) is 1.64. The van der Waals surface area contributed by atoms with Crippen LogP contribution in [0.5, 0.6) is 5.75 Å². The highest BCUT2D eigenvalue weighted by Gasteiger charge is 2.20. The zero-order valence-electron chi connectivity index (χ0n) is 9.11. The minimum absolute atomic E-state index is 0.0443. The van der Waals surface area contributed by atoms with E-state index in [0.717, 1.165) is 0 Å². The minimum Gasteiger partial charge on any atom is -0.507 e. The summed E-state index contributed by atoms with van der Waals surface area (Å²) in [6, 6.07) is 3.00. The molecule has 6 heteroatoms. The lowest BCUT2D eigenvalue weighted by Crippen LogP contribution is -2.40. The summed E-state index contributed by atoms with van der Waals surface area (Å²) in [4.78, 5) is 22.4. The van der Waals surface area contributed by atoms with Crippen LogP contribution in [0.15, 0.2) is 18.2 Å². The van der Waals surface area contributed by atoms with Crippen molar-refractivity contribution in [2.75, 3.05) is 0 Å². The molecule has 1 rings (SSSR count). The average Bonchev–Trinajstić information content (AvgIpc) is 2.28. The normalized spacial score (nSPS) is 11.9. The molecule has 0 heterocycles. The lowest BCUT2D eigenvalue weighted by molar-refractivity contribution is -0.139. The molecule has 0 radical (unpaired) electrons. The maximum Gasteiger partial charge on any atom is 0.326 e. The predicted molar refractivity (Wildman–Crippen MR) is 62.3 cm³/mol. The van der Waals surface area contributed by atoms with E-state index in [1.54, 1.807) is 6.92 Å². The van der Waals surface area contributed by atoms with Gasteiger partial charge < -0.3 is 15.5 Å². The van der Waals surface area contributed by atoms with Crippen molar-refractivity contribution in [3.8, 4) is 5.75 Å². The number of nitrogens with one attached hydrogen (secondary N) is 1. The third-order valence-corrected chi connectivity index (χ3v) is 2.45. The SMILES string of the molecule is CC[C@H](NC(=O)c1cc(Cl)ccc1O)C(=O)O. The van der Waals surface area contributed by atoms with Crippen molar-refractivity contribution in [3.63, 3.8) is 0 Å². The first-order chi connectivity index (χ1) is 7.95. The molecule has 3 N–H and O–H groups in total. The number of carboxylic acids is 1. The van der Waals surface area contributed by atoms with E-state index < -0.39 is 17.9 Å². The summed E-state index contributed by atoms with van der Waals surface area (Å²) in [5.41, 5.74) is -0.0443. The molecule has 17 heavy (non-hydrogen) atoms. The van der Waals surface area contributed by atoms with E-state index in [9.17, 15) is 14.7 Å². The van der Waals surface area contributed by atoms with Gasteiger partial charge in [0.15, 0.2) is 0 Å². The van der Waals surface area contributed by atoms with Crippen LogP contribution in [0.4, 0.5) is 0 Å². The number of carboxylic acid groups (broad SMARTS) is 1. The van der Waals surface area contributed by atoms with E-state index in [4.69, 9.17) is 16.7 Å². The number of hydrogen-bond donors (Lipinski definition) is 3. The summed E-state index contributed by atoms with van der Waals surface area (Å²) in [6.07, 6.45) is 0.252. The number of halogens is 1. The second-order valence-electron chi connectivity index (χ2n) is 3.43. The van der Waals surface area contributed by atoms with Crippen LogP contribution in [0.2, 0.25) is 5.02 Å². The Morgan fingerprint density at radius 3 is 2.65 bits per heavy atom. The molecule has 1 atom stereocenters. The first-order valence-electron chi connectivity index (χ1n) is 4.98. The van der Waals surface area contributed by atoms with E-state index in [1.165, 1.54) is 18.2 Å². The van der Waals surface area contributed by atoms with Gasteiger partial charge in [-0.1, -0.05) is 18.5 Å². The number of phenols is 1. The Bertz CT molecular complexity index is 447. The van der Waals surface area contributed by atoms with Crippen LogP contribution in [0.3, 0.4) is 0 Å². The molecule has 0 fully saturated rings. The van der Waals surface area contributed by atoms with Gasteiger partial charge in [0.2, 0.25) is 0 Å². The zero-order valence-corrected chi connectivity index (χ0v) is 9.86. The molecule has 0 aliphatic rings. The van der Waals surface area contributed by atoms with Gasteiger partial charge in [0.1, 0.15) is 11.8 Å². The highest BCUT2D eigenvalue weighted by molar-refractivity contribution is 6.31. The smallest absolute Gasteiger partial charge is 0.326 e. The summed E-state index contributed by atoms with van der Waals surface area (Å²) in [5.74, 6) is -2.03. The second-order valence-corrected chi connectivity index (χ2v) is 3.87. The molecule has 0 aromatic heterocycles. The molecule has 5 nitrogen and oxygen atoms in total. The Hall–Kier alpha value is -1.75. The van der Waals surface area contributed by atoms with E-state index in [0.29, 0.717) is 0 Å². The van der Waals surface area contributed by atoms with E-state index >= 15 is 0 Å². The van der Waals surface area contributed by atoms with Crippen LogP contribution < -0.4 is 5.32 Å². The van der Waals surface area contributed by atoms with Crippen LogP contribution in [0.25, 0.3) is 0 Å². The van der Waals surface area contributed by atoms with Gasteiger partial charge in [-0.2, -0.15) is 0 Å². The Balaban J connectivity index is 2.89. The molecule has 1 aromatic rings. The van der Waals surface area contributed by atoms with Crippen molar-refractivity contribution in [1.82, 2.24) is 5.32 Å². The standard InChI is InChI=1S/C11H12ClNO4/c1-2-8(11(16)17)13-10(15)7-5-6(12)3-4-9(7)14/h3-5,8,14H,2H2,1H3,(H,13,15)(H,16,17)/t8-/m0/s1. The molecule has 0 saturated carbocycles. The Morgan fingerprint density at radius 2 is 2.12 bits per heavy atom. The van der Waals surface area contributed by atoms with Crippen LogP contribution in [0.1, 0.15) is 23.7 Å². The van der Waals surface area contributed by atoms with E-state index in [-0.39, 0.29) is 22.8 Å². The largest absolute Gasteiger partial charge is 0.507 e. The lowest BCUT2D eigenvalue weighted by Gasteiger charge is -2.12. The monoisotopic (exact) mass is 257 g/mol. The zero-order chi connectivity index (χ0) is 13.0. The number of carbonyl (C=O) groups excluding carboxylic acids is 1. The number of phenolic OH excluding ortho intramolecular Hbond substituents is 1. The highest BCUT2D eigenvalue weighted by Crippen LogP contribution is 2.21. The van der Waals surface area contributed by atoms with Gasteiger partial charge in [0.25, 0.3) is 5.91 Å². The fraction of sp³-hybridized carbons (Fsp3) is 0.273. The fourth-order valence-corrected chi connectivity index (χ4v) is 1.44. The summed E-state index contributed by atoms with van der Waals surface area (Å²) in [6.45, 7) is 1.64. The molecule has 0 aliphatic carbocycles. The fourth-order valence-electron chi connectivity index (χ4n) is 1.26. The molecule has 0 saturated heterocycles. The van der Waals surface area contributed by atoms with Gasteiger partial charge in [0.05, 0.1) is 5.56 Å². The van der Waals surface area contributed by atoms with Gasteiger partial charge in [0, 0.05) is 5.02 Å². The highest BCUT2D eigenvalue weighted by atomic mass is 35.5. The maximum absolute atomic E-state index is 11.7. The van der Waals surface area contributed by atoms with Crippen LogP contribution >= 0.6 is 11.6 Å². The van der Waals surface area contributed by atoms with Crippen molar-refractivity contribution in [1.29, 1.82) is 0 Å². The number of carbonyl (C=O) groups is 2. The second kappa shape index (κ2) is 5.54. The van der Waals surface area contributed by atoms with Gasteiger partial charge in [-0.3, -0.25) is 4.79 Å². The number of hydrogen-bond acceptors (Lipinski definition) is 3. The van der Waals surface area contributed by atoms with Crippen molar-refractivity contribution in [2.24, 2.45) is 0 Å². The first-order valence-corrected chi connectivity index (χ1v) is 5.35. The summed E-state index contributed by atoms with van der Waals surface area (Å²) < 4.78 is 0. The number of amides is 1. The molecular weight excluding hydrogens is 246 g/mol. The summed E-state index contributed by atoms with van der Waals surface area (Å²) >= 11 is 5.69. The topological polar surface area (TPSA) is 86.6 Å². The van der Waals surface area contributed by atoms with Gasteiger partial charge >= 0.3 is 5.97 Å². The summed E-state index contributed by atoms with van der Waals surface area (Å²) in [7, 11) is 0. The lowest BCUT2D eigenvalue weighted by atomic mass is 10.1. The molecule has 92 valence electrons. The van der Waals surface area contributed by atoms with Crippen LogP contribution in [-0.2, 0) is 4.79 Å². The van der Waals surface area contributed by atoms with E-state index in [2.05, 4.69) is 5.32 Å². The molecule has 1 amide bonds. The first kappa shape index (κ1) is 13.3. The maximum atomic E-state index is 11.7. The van der Waals surface area contributed by atoms with Crippen LogP contribution in [0, 0.1) is 0 Å². The third kappa shape index (κ3) is 3.35. The molecule has 0 spiro atoms. The number of rotatable bonds is 4. The molecule has 0 unspecified atom stereocenters. The van der Waals surface area contributed by atoms with Crippen LogP contribution in [-0.4, -0.2) is 28.1 Å². The number of benzene rings is 1. The van der Waals surface area contributed by atoms with Gasteiger partial charge in [-0.05, 0) is 24.6 Å². The van der Waals surface area contributed by atoms with Gasteiger partial charge in [-0.15, -0.1) is 0 Å². The quantitative estimate of drug-likeness (QED) is 0.765. The van der Waals surface area contributed by atoms with Crippen molar-refractivity contribution in [2.45, 2.75) is 19.4 Å². The Labute approximate surface area is 103 Å². The van der Waals surface area contributed by atoms with Crippen molar-refractivity contribution >= 4 is 23.5 Å². The van der Waals surface area contributed by atoms with Gasteiger partial charge in [-0.25, -0.2) is 4.79 Å².